The third kappa shape index (κ3) is 4.27. The highest BCUT2D eigenvalue weighted by molar-refractivity contribution is 9.10. The maximum absolute atomic E-state index is 5.21. The molecule has 24 heavy (non-hydrogen) atoms. The Hall–Kier alpha value is -2.51. The standard InChI is InChI=1S/C17H14BrN5S/c18-14-6-4-5-12(9-14)16-13(10-19-22-16)11-20-23-17(24)21-15-7-2-1-3-8-15/h1-11H,(H,19,22)(H2,21,23,24)/b20-11+. The van der Waals surface area contributed by atoms with Crippen molar-refractivity contribution < 1.29 is 0 Å². The lowest BCUT2D eigenvalue weighted by Gasteiger charge is -2.06. The van der Waals surface area contributed by atoms with Gasteiger partial charge in [0.1, 0.15) is 0 Å². The van der Waals surface area contributed by atoms with Crippen LogP contribution in [0.5, 0.6) is 0 Å². The van der Waals surface area contributed by atoms with Crippen LogP contribution in [0.3, 0.4) is 0 Å². The molecule has 0 fully saturated rings. The van der Waals surface area contributed by atoms with Crippen LogP contribution in [0.4, 0.5) is 5.69 Å². The van der Waals surface area contributed by atoms with E-state index in [2.05, 4.69) is 42.0 Å². The highest BCUT2D eigenvalue weighted by atomic mass is 79.9. The molecule has 3 N–H and O–H groups in total. The summed E-state index contributed by atoms with van der Waals surface area (Å²) >= 11 is 8.68. The Morgan fingerprint density at radius 2 is 2.00 bits per heavy atom. The van der Waals surface area contributed by atoms with Crippen molar-refractivity contribution >= 4 is 45.2 Å². The first-order valence-corrected chi connectivity index (χ1v) is 8.37. The summed E-state index contributed by atoms with van der Waals surface area (Å²) in [5.41, 5.74) is 6.48. The fourth-order valence-corrected chi connectivity index (χ4v) is 2.68. The topological polar surface area (TPSA) is 65.1 Å². The first kappa shape index (κ1) is 16.4. The van der Waals surface area contributed by atoms with Crippen LogP contribution in [0, 0.1) is 0 Å². The second kappa shape index (κ2) is 7.85. The average molecular weight is 400 g/mol. The van der Waals surface area contributed by atoms with Crippen LogP contribution < -0.4 is 10.7 Å². The number of H-pyrrole nitrogens is 1. The van der Waals surface area contributed by atoms with Gasteiger partial charge >= 0.3 is 0 Å². The number of nitrogens with one attached hydrogen (secondary N) is 3. The van der Waals surface area contributed by atoms with Crippen LogP contribution in [0.2, 0.25) is 0 Å². The molecule has 0 unspecified atom stereocenters. The zero-order valence-corrected chi connectivity index (χ0v) is 14.9. The van der Waals surface area contributed by atoms with Crippen molar-refractivity contribution in [1.82, 2.24) is 15.6 Å². The summed E-state index contributed by atoms with van der Waals surface area (Å²) < 4.78 is 1.00. The third-order valence-corrected chi connectivity index (χ3v) is 3.87. The van der Waals surface area contributed by atoms with Crippen LogP contribution in [-0.2, 0) is 0 Å². The zero-order chi connectivity index (χ0) is 16.8. The van der Waals surface area contributed by atoms with Gasteiger partial charge in [-0.2, -0.15) is 10.2 Å². The fraction of sp³-hybridized carbons (Fsp3) is 0. The van der Waals surface area contributed by atoms with E-state index in [0.29, 0.717) is 5.11 Å². The number of halogens is 1. The zero-order valence-electron chi connectivity index (χ0n) is 12.5. The van der Waals surface area contributed by atoms with E-state index in [1.807, 2.05) is 54.6 Å². The van der Waals surface area contributed by atoms with Gasteiger partial charge in [0.15, 0.2) is 5.11 Å². The lowest BCUT2D eigenvalue weighted by atomic mass is 10.1. The molecule has 0 spiro atoms. The van der Waals surface area contributed by atoms with Crippen molar-refractivity contribution in [3.63, 3.8) is 0 Å². The molecule has 1 heterocycles. The van der Waals surface area contributed by atoms with E-state index >= 15 is 0 Å². The van der Waals surface area contributed by atoms with Gasteiger partial charge in [0, 0.05) is 21.3 Å². The van der Waals surface area contributed by atoms with E-state index in [4.69, 9.17) is 12.2 Å². The normalized spacial score (nSPS) is 10.7. The third-order valence-electron chi connectivity index (χ3n) is 3.18. The number of aromatic nitrogens is 2. The molecule has 120 valence electrons. The van der Waals surface area contributed by atoms with Crippen molar-refractivity contribution in [2.75, 3.05) is 5.32 Å². The van der Waals surface area contributed by atoms with Crippen LogP contribution >= 0.6 is 28.1 Å². The molecule has 0 saturated heterocycles. The van der Waals surface area contributed by atoms with E-state index in [-0.39, 0.29) is 0 Å². The quantitative estimate of drug-likeness (QED) is 0.350. The summed E-state index contributed by atoms with van der Waals surface area (Å²) in [7, 11) is 0. The molecule has 0 amide bonds. The highest BCUT2D eigenvalue weighted by Crippen LogP contribution is 2.23. The molecular formula is C17H14BrN5S. The average Bonchev–Trinajstić information content (AvgIpc) is 3.04. The van der Waals surface area contributed by atoms with E-state index in [0.717, 1.165) is 27.0 Å². The molecule has 2 aromatic carbocycles. The molecule has 7 heteroatoms. The lowest BCUT2D eigenvalue weighted by molar-refractivity contribution is 1.05. The molecule has 1 aromatic heterocycles. The molecule has 3 rings (SSSR count). The van der Waals surface area contributed by atoms with Gasteiger partial charge < -0.3 is 5.32 Å². The number of anilines is 1. The van der Waals surface area contributed by atoms with Crippen molar-refractivity contribution in [3.05, 3.63) is 70.8 Å². The van der Waals surface area contributed by atoms with Crippen molar-refractivity contribution in [2.24, 2.45) is 5.10 Å². The van der Waals surface area contributed by atoms with Gasteiger partial charge in [-0.05, 0) is 36.5 Å². The number of thiocarbonyl (C=S) groups is 1. The Morgan fingerprint density at radius 1 is 1.17 bits per heavy atom. The number of hydrazone groups is 1. The number of hydrogen-bond acceptors (Lipinski definition) is 3. The number of rotatable bonds is 4. The van der Waals surface area contributed by atoms with Crippen molar-refractivity contribution in [2.45, 2.75) is 0 Å². The Balaban J connectivity index is 1.65. The SMILES string of the molecule is S=C(N/N=C/c1cn[nH]c1-c1cccc(Br)c1)Nc1ccccc1. The molecule has 0 aliphatic rings. The Labute approximate surface area is 153 Å². The van der Waals surface area contributed by atoms with Gasteiger partial charge in [-0.1, -0.05) is 46.3 Å². The van der Waals surface area contributed by atoms with Crippen LogP contribution in [0.1, 0.15) is 5.56 Å². The summed E-state index contributed by atoms with van der Waals surface area (Å²) in [6.45, 7) is 0. The molecule has 0 radical (unpaired) electrons. The van der Waals surface area contributed by atoms with Gasteiger partial charge in [0.25, 0.3) is 0 Å². The molecule has 5 nitrogen and oxygen atoms in total. The summed E-state index contributed by atoms with van der Waals surface area (Å²) in [5, 5.41) is 14.7. The number of nitrogens with zero attached hydrogens (tertiary/aromatic N) is 2. The molecule has 3 aromatic rings. The van der Waals surface area contributed by atoms with Gasteiger partial charge in [-0.3, -0.25) is 10.5 Å². The number of aromatic amines is 1. The number of hydrogen-bond donors (Lipinski definition) is 3. The van der Waals surface area contributed by atoms with Crippen molar-refractivity contribution in [3.8, 4) is 11.3 Å². The van der Waals surface area contributed by atoms with E-state index in [1.165, 1.54) is 0 Å². The monoisotopic (exact) mass is 399 g/mol. The lowest BCUT2D eigenvalue weighted by Crippen LogP contribution is -2.23. The number of para-hydroxylation sites is 1. The molecule has 0 saturated carbocycles. The summed E-state index contributed by atoms with van der Waals surface area (Å²) in [5.74, 6) is 0. The Kier molecular flexibility index (Phi) is 5.35. The minimum atomic E-state index is 0.421. The molecule has 0 atom stereocenters. The molecular weight excluding hydrogens is 386 g/mol. The summed E-state index contributed by atoms with van der Waals surface area (Å²) in [6.07, 6.45) is 3.40. The molecule has 0 aliphatic heterocycles. The fourth-order valence-electron chi connectivity index (χ4n) is 2.11. The maximum atomic E-state index is 5.21. The first-order chi connectivity index (χ1) is 11.7. The van der Waals surface area contributed by atoms with Crippen LogP contribution in [0.15, 0.2) is 70.4 Å². The first-order valence-electron chi connectivity index (χ1n) is 7.17. The minimum absolute atomic E-state index is 0.421. The van der Waals surface area contributed by atoms with Crippen LogP contribution in [0.25, 0.3) is 11.3 Å². The summed E-state index contributed by atoms with van der Waals surface area (Å²) in [4.78, 5) is 0. The molecule has 0 bridgehead atoms. The minimum Gasteiger partial charge on any atom is -0.331 e. The molecule has 0 aliphatic carbocycles. The van der Waals surface area contributed by atoms with Gasteiger partial charge in [-0.15, -0.1) is 0 Å². The van der Waals surface area contributed by atoms with Crippen molar-refractivity contribution in [1.29, 1.82) is 0 Å². The van der Waals surface area contributed by atoms with Gasteiger partial charge in [0.2, 0.25) is 0 Å². The summed E-state index contributed by atoms with van der Waals surface area (Å²) in [6, 6.07) is 17.6. The number of benzene rings is 2. The highest BCUT2D eigenvalue weighted by Gasteiger charge is 2.06. The predicted molar refractivity (Wildman–Crippen MR) is 105 cm³/mol. The Bertz CT molecular complexity index is 860. The van der Waals surface area contributed by atoms with Gasteiger partial charge in [-0.25, -0.2) is 0 Å². The van der Waals surface area contributed by atoms with E-state index in [9.17, 15) is 0 Å². The Morgan fingerprint density at radius 3 is 2.79 bits per heavy atom. The predicted octanol–water partition coefficient (Wildman–Crippen LogP) is 4.16. The maximum Gasteiger partial charge on any atom is 0.191 e. The van der Waals surface area contributed by atoms with E-state index in [1.54, 1.807) is 12.4 Å². The van der Waals surface area contributed by atoms with Gasteiger partial charge in [0.05, 0.1) is 18.1 Å². The largest absolute Gasteiger partial charge is 0.331 e. The smallest absolute Gasteiger partial charge is 0.191 e. The second-order valence-corrected chi connectivity index (χ2v) is 6.22. The van der Waals surface area contributed by atoms with E-state index < -0.39 is 0 Å². The second-order valence-electron chi connectivity index (χ2n) is 4.90. The van der Waals surface area contributed by atoms with Crippen LogP contribution in [-0.4, -0.2) is 21.5 Å².